The standard InChI is InChI=1S/C12H22O5/c1-12(2,3)17-10(15)6-7-4-8(13)11(16)9(14)5-7/h7-9,11,13-14,16H,4-6H2,1-3H3. The molecule has 1 aliphatic rings. The third-order valence-corrected chi connectivity index (χ3v) is 2.81. The van der Waals surface area contributed by atoms with Crippen LogP contribution in [0.1, 0.15) is 40.0 Å². The molecule has 100 valence electrons. The molecular formula is C12H22O5. The maximum absolute atomic E-state index is 11.6. The molecule has 0 saturated heterocycles. The number of hydrogen-bond acceptors (Lipinski definition) is 5. The van der Waals surface area contributed by atoms with Crippen molar-refractivity contribution in [2.75, 3.05) is 0 Å². The van der Waals surface area contributed by atoms with Gasteiger partial charge in [0, 0.05) is 6.42 Å². The van der Waals surface area contributed by atoms with Crippen molar-refractivity contribution in [1.29, 1.82) is 0 Å². The summed E-state index contributed by atoms with van der Waals surface area (Å²) in [5.74, 6) is -0.475. The second-order valence-electron chi connectivity index (χ2n) is 5.75. The van der Waals surface area contributed by atoms with Gasteiger partial charge in [0.2, 0.25) is 0 Å². The Balaban J connectivity index is 2.45. The predicted molar refractivity (Wildman–Crippen MR) is 61.2 cm³/mol. The fourth-order valence-corrected chi connectivity index (χ4v) is 2.10. The number of carbonyl (C=O) groups excluding carboxylic acids is 1. The average molecular weight is 246 g/mol. The lowest BCUT2D eigenvalue weighted by Crippen LogP contribution is -2.44. The van der Waals surface area contributed by atoms with Crippen LogP contribution in [0.15, 0.2) is 0 Å². The minimum atomic E-state index is -1.11. The zero-order chi connectivity index (χ0) is 13.2. The molecule has 5 nitrogen and oxygen atoms in total. The first-order valence-corrected chi connectivity index (χ1v) is 5.95. The first kappa shape index (κ1) is 14.4. The molecule has 0 aromatic rings. The maximum Gasteiger partial charge on any atom is 0.306 e. The van der Waals surface area contributed by atoms with Gasteiger partial charge in [0.25, 0.3) is 0 Å². The zero-order valence-electron chi connectivity index (χ0n) is 10.6. The largest absolute Gasteiger partial charge is 0.460 e. The van der Waals surface area contributed by atoms with E-state index in [-0.39, 0.29) is 18.3 Å². The van der Waals surface area contributed by atoms with Crippen molar-refractivity contribution >= 4 is 5.97 Å². The molecule has 1 saturated carbocycles. The molecule has 0 aliphatic heterocycles. The first-order valence-electron chi connectivity index (χ1n) is 5.95. The lowest BCUT2D eigenvalue weighted by molar-refractivity contribution is -0.158. The molecule has 0 amide bonds. The lowest BCUT2D eigenvalue weighted by atomic mass is 9.81. The topological polar surface area (TPSA) is 87.0 Å². The van der Waals surface area contributed by atoms with Gasteiger partial charge in [-0.3, -0.25) is 4.79 Å². The molecule has 2 unspecified atom stereocenters. The van der Waals surface area contributed by atoms with E-state index in [0.29, 0.717) is 12.8 Å². The second kappa shape index (κ2) is 5.33. The highest BCUT2D eigenvalue weighted by molar-refractivity contribution is 5.70. The van der Waals surface area contributed by atoms with E-state index in [1.165, 1.54) is 0 Å². The Morgan fingerprint density at radius 2 is 1.65 bits per heavy atom. The summed E-state index contributed by atoms with van der Waals surface area (Å²) in [4.78, 5) is 11.6. The summed E-state index contributed by atoms with van der Waals surface area (Å²) < 4.78 is 5.17. The normalized spacial score (nSPS) is 34.5. The highest BCUT2D eigenvalue weighted by Crippen LogP contribution is 2.28. The van der Waals surface area contributed by atoms with Crippen LogP contribution >= 0.6 is 0 Å². The van der Waals surface area contributed by atoms with Crippen molar-refractivity contribution in [2.24, 2.45) is 5.92 Å². The Morgan fingerprint density at radius 3 is 2.06 bits per heavy atom. The molecule has 0 bridgehead atoms. The number of esters is 1. The zero-order valence-corrected chi connectivity index (χ0v) is 10.6. The number of rotatable bonds is 2. The molecule has 17 heavy (non-hydrogen) atoms. The molecule has 0 heterocycles. The van der Waals surface area contributed by atoms with E-state index in [4.69, 9.17) is 4.74 Å². The molecule has 2 atom stereocenters. The average Bonchev–Trinajstić information content (AvgIpc) is 2.10. The molecule has 1 rings (SSSR count). The van der Waals surface area contributed by atoms with Crippen LogP contribution in [0.2, 0.25) is 0 Å². The van der Waals surface area contributed by atoms with Gasteiger partial charge in [-0.1, -0.05) is 0 Å². The second-order valence-corrected chi connectivity index (χ2v) is 5.75. The van der Waals surface area contributed by atoms with Gasteiger partial charge in [0.05, 0.1) is 12.2 Å². The molecule has 0 spiro atoms. The van der Waals surface area contributed by atoms with E-state index < -0.39 is 23.9 Å². The summed E-state index contributed by atoms with van der Waals surface area (Å²) in [5, 5.41) is 28.4. The van der Waals surface area contributed by atoms with Crippen LogP contribution in [0, 0.1) is 5.92 Å². The van der Waals surface area contributed by atoms with Gasteiger partial charge in [0.15, 0.2) is 0 Å². The van der Waals surface area contributed by atoms with E-state index in [2.05, 4.69) is 0 Å². The quantitative estimate of drug-likeness (QED) is 0.606. The fourth-order valence-electron chi connectivity index (χ4n) is 2.10. The van der Waals surface area contributed by atoms with Gasteiger partial charge in [-0.15, -0.1) is 0 Å². The van der Waals surface area contributed by atoms with Crippen molar-refractivity contribution in [1.82, 2.24) is 0 Å². The van der Waals surface area contributed by atoms with Gasteiger partial charge in [-0.25, -0.2) is 0 Å². The third-order valence-electron chi connectivity index (χ3n) is 2.81. The summed E-state index contributed by atoms with van der Waals surface area (Å²) >= 11 is 0. The number of aliphatic hydroxyl groups is 3. The van der Waals surface area contributed by atoms with Gasteiger partial charge < -0.3 is 20.1 Å². The SMILES string of the molecule is CC(C)(C)OC(=O)CC1CC(O)C(O)C(O)C1. The number of aliphatic hydroxyl groups excluding tert-OH is 3. The van der Waals surface area contributed by atoms with E-state index in [1.54, 1.807) is 20.8 Å². The highest BCUT2D eigenvalue weighted by atomic mass is 16.6. The predicted octanol–water partition coefficient (Wildman–Crippen LogP) is 0.211. The first-order chi connectivity index (χ1) is 7.69. The van der Waals surface area contributed by atoms with Crippen molar-refractivity contribution in [3.8, 4) is 0 Å². The molecule has 3 N–H and O–H groups in total. The molecule has 0 aromatic heterocycles. The van der Waals surface area contributed by atoms with Crippen molar-refractivity contribution < 1.29 is 24.9 Å². The number of hydrogen-bond donors (Lipinski definition) is 3. The van der Waals surface area contributed by atoms with Crippen molar-refractivity contribution in [3.63, 3.8) is 0 Å². The smallest absolute Gasteiger partial charge is 0.306 e. The van der Waals surface area contributed by atoms with E-state index in [1.807, 2.05) is 0 Å². The van der Waals surface area contributed by atoms with Crippen LogP contribution < -0.4 is 0 Å². The molecule has 1 aliphatic carbocycles. The fraction of sp³-hybridized carbons (Fsp3) is 0.917. The van der Waals surface area contributed by atoms with Crippen LogP contribution in [0.5, 0.6) is 0 Å². The summed E-state index contributed by atoms with van der Waals surface area (Å²) in [6.07, 6.45) is -2.24. The van der Waals surface area contributed by atoms with Crippen molar-refractivity contribution in [3.05, 3.63) is 0 Å². The van der Waals surface area contributed by atoms with E-state index in [0.717, 1.165) is 0 Å². The Morgan fingerprint density at radius 1 is 1.18 bits per heavy atom. The van der Waals surface area contributed by atoms with Gasteiger partial charge in [0.1, 0.15) is 11.7 Å². The van der Waals surface area contributed by atoms with Gasteiger partial charge >= 0.3 is 5.97 Å². The molecule has 0 radical (unpaired) electrons. The Kier molecular flexibility index (Phi) is 4.52. The molecular weight excluding hydrogens is 224 g/mol. The lowest BCUT2D eigenvalue weighted by Gasteiger charge is -2.34. The summed E-state index contributed by atoms with van der Waals surface area (Å²) in [6.45, 7) is 5.37. The Bertz CT molecular complexity index is 259. The van der Waals surface area contributed by atoms with Crippen LogP contribution in [0.3, 0.4) is 0 Å². The maximum atomic E-state index is 11.6. The molecule has 1 fully saturated rings. The minimum Gasteiger partial charge on any atom is -0.460 e. The monoisotopic (exact) mass is 246 g/mol. The van der Waals surface area contributed by atoms with E-state index >= 15 is 0 Å². The molecule has 5 heteroatoms. The highest BCUT2D eigenvalue weighted by Gasteiger charge is 2.36. The van der Waals surface area contributed by atoms with E-state index in [9.17, 15) is 20.1 Å². The van der Waals surface area contributed by atoms with Crippen LogP contribution in [0.25, 0.3) is 0 Å². The summed E-state index contributed by atoms with van der Waals surface area (Å²) in [6, 6.07) is 0. The van der Waals surface area contributed by atoms with Crippen LogP contribution in [-0.4, -0.2) is 45.2 Å². The Labute approximate surface area is 101 Å². The number of ether oxygens (including phenoxy) is 1. The van der Waals surface area contributed by atoms with Gasteiger partial charge in [-0.05, 0) is 39.5 Å². The minimum absolute atomic E-state index is 0.141. The van der Waals surface area contributed by atoms with Crippen LogP contribution in [-0.2, 0) is 9.53 Å². The third kappa shape index (κ3) is 4.61. The number of carbonyl (C=O) groups is 1. The van der Waals surface area contributed by atoms with Gasteiger partial charge in [-0.2, -0.15) is 0 Å². The Hall–Kier alpha value is -0.650. The summed E-state index contributed by atoms with van der Waals surface area (Å²) in [5.41, 5.74) is -0.525. The summed E-state index contributed by atoms with van der Waals surface area (Å²) in [7, 11) is 0. The molecule has 0 aromatic carbocycles. The van der Waals surface area contributed by atoms with Crippen LogP contribution in [0.4, 0.5) is 0 Å². The van der Waals surface area contributed by atoms with Crippen molar-refractivity contribution in [2.45, 2.75) is 63.9 Å².